The van der Waals surface area contributed by atoms with Crippen LogP contribution in [0.2, 0.25) is 0 Å². The third kappa shape index (κ3) is 3.14. The fourth-order valence-corrected chi connectivity index (χ4v) is 2.67. The van der Waals surface area contributed by atoms with Crippen molar-refractivity contribution in [3.8, 4) is 0 Å². The third-order valence-electron chi connectivity index (χ3n) is 3.23. The van der Waals surface area contributed by atoms with Crippen molar-refractivity contribution in [2.45, 2.75) is 44.9 Å². The lowest BCUT2D eigenvalue weighted by Gasteiger charge is -2.30. The molecular formula is C11H20N4OS. The van der Waals surface area contributed by atoms with Gasteiger partial charge >= 0.3 is 0 Å². The molecule has 0 saturated carbocycles. The largest absolute Gasteiger partial charge is 0.374 e. The van der Waals surface area contributed by atoms with Gasteiger partial charge in [-0.2, -0.15) is 4.37 Å². The molecular weight excluding hydrogens is 236 g/mol. The molecule has 2 heterocycles. The van der Waals surface area contributed by atoms with Gasteiger partial charge in [0.1, 0.15) is 6.10 Å². The first-order valence-corrected chi connectivity index (χ1v) is 6.84. The molecule has 1 fully saturated rings. The van der Waals surface area contributed by atoms with Crippen LogP contribution in [0.4, 0.5) is 5.13 Å². The van der Waals surface area contributed by atoms with Crippen LogP contribution in [-0.2, 0) is 4.74 Å². The summed E-state index contributed by atoms with van der Waals surface area (Å²) < 4.78 is 9.50. The quantitative estimate of drug-likeness (QED) is 0.860. The maximum absolute atomic E-state index is 5.20. The molecule has 2 rings (SSSR count). The van der Waals surface area contributed by atoms with Crippen molar-refractivity contribution in [1.82, 2.24) is 14.7 Å². The first-order chi connectivity index (χ1) is 8.20. The van der Waals surface area contributed by atoms with Crippen molar-refractivity contribution >= 4 is 16.7 Å². The first kappa shape index (κ1) is 12.7. The maximum Gasteiger partial charge on any atom is 0.202 e. The molecule has 0 aromatic carbocycles. The predicted molar refractivity (Wildman–Crippen MR) is 69.4 cm³/mol. The van der Waals surface area contributed by atoms with E-state index in [-0.39, 0.29) is 6.10 Å². The Bertz CT molecular complexity index is 357. The number of nitrogens with one attached hydrogen (secondary N) is 2. The molecule has 1 aromatic rings. The lowest BCUT2D eigenvalue weighted by Crippen LogP contribution is -2.46. The molecule has 2 N–H and O–H groups in total. The van der Waals surface area contributed by atoms with E-state index in [0.29, 0.717) is 12.1 Å². The van der Waals surface area contributed by atoms with Crippen LogP contribution in [0.5, 0.6) is 0 Å². The van der Waals surface area contributed by atoms with E-state index in [4.69, 9.17) is 4.74 Å². The SMILES string of the molecule is COC(C)c1nsc(NC2CCCNC2C)n1. The van der Waals surface area contributed by atoms with Crippen LogP contribution in [0.15, 0.2) is 0 Å². The number of piperidine rings is 1. The molecule has 1 aromatic heterocycles. The molecule has 1 aliphatic rings. The fraction of sp³-hybridized carbons (Fsp3) is 0.818. The summed E-state index contributed by atoms with van der Waals surface area (Å²) in [5.41, 5.74) is 0. The van der Waals surface area contributed by atoms with E-state index in [0.717, 1.165) is 17.5 Å². The molecule has 0 amide bonds. The molecule has 5 nitrogen and oxygen atoms in total. The highest BCUT2D eigenvalue weighted by atomic mass is 32.1. The van der Waals surface area contributed by atoms with Crippen LogP contribution in [0.1, 0.15) is 38.6 Å². The molecule has 1 saturated heterocycles. The number of rotatable bonds is 4. The molecule has 1 aliphatic heterocycles. The zero-order valence-electron chi connectivity index (χ0n) is 10.6. The molecule has 3 unspecified atom stereocenters. The third-order valence-corrected chi connectivity index (χ3v) is 3.89. The summed E-state index contributed by atoms with van der Waals surface area (Å²) in [4.78, 5) is 4.45. The molecule has 0 spiro atoms. The number of methoxy groups -OCH3 is 1. The smallest absolute Gasteiger partial charge is 0.202 e. The molecule has 0 bridgehead atoms. The number of aromatic nitrogens is 2. The highest BCUT2D eigenvalue weighted by Gasteiger charge is 2.22. The van der Waals surface area contributed by atoms with Crippen molar-refractivity contribution < 1.29 is 4.74 Å². The summed E-state index contributed by atoms with van der Waals surface area (Å²) in [6.45, 7) is 5.27. The van der Waals surface area contributed by atoms with E-state index < -0.39 is 0 Å². The zero-order valence-corrected chi connectivity index (χ0v) is 11.4. The summed E-state index contributed by atoms with van der Waals surface area (Å²) in [6.07, 6.45) is 2.36. The van der Waals surface area contributed by atoms with Gasteiger partial charge in [0.15, 0.2) is 5.82 Å². The zero-order chi connectivity index (χ0) is 12.3. The lowest BCUT2D eigenvalue weighted by atomic mass is 10.0. The second-order valence-electron chi connectivity index (χ2n) is 4.47. The van der Waals surface area contributed by atoms with Gasteiger partial charge in [-0.25, -0.2) is 4.98 Å². The topological polar surface area (TPSA) is 59.1 Å². The van der Waals surface area contributed by atoms with Crippen molar-refractivity contribution in [3.05, 3.63) is 5.82 Å². The Morgan fingerprint density at radius 2 is 2.41 bits per heavy atom. The van der Waals surface area contributed by atoms with E-state index in [1.165, 1.54) is 24.4 Å². The van der Waals surface area contributed by atoms with E-state index in [1.54, 1.807) is 7.11 Å². The van der Waals surface area contributed by atoms with Gasteiger partial charge < -0.3 is 15.4 Å². The van der Waals surface area contributed by atoms with Gasteiger partial charge in [0.05, 0.1) is 0 Å². The van der Waals surface area contributed by atoms with Gasteiger partial charge in [-0.3, -0.25) is 0 Å². The Morgan fingerprint density at radius 1 is 1.59 bits per heavy atom. The van der Waals surface area contributed by atoms with Gasteiger partial charge in [-0.05, 0) is 33.2 Å². The van der Waals surface area contributed by atoms with Gasteiger partial charge in [0.2, 0.25) is 5.13 Å². The molecule has 3 atom stereocenters. The van der Waals surface area contributed by atoms with E-state index >= 15 is 0 Å². The standard InChI is InChI=1S/C11H20N4OS/c1-7-9(5-4-6-12-7)13-11-14-10(15-17-11)8(2)16-3/h7-9,12H,4-6H2,1-3H3,(H,13,14,15). The molecule has 17 heavy (non-hydrogen) atoms. The van der Waals surface area contributed by atoms with Crippen molar-refractivity contribution in [3.63, 3.8) is 0 Å². The average Bonchev–Trinajstić information content (AvgIpc) is 2.80. The van der Waals surface area contributed by atoms with Crippen molar-refractivity contribution in [2.75, 3.05) is 19.0 Å². The molecule has 6 heteroatoms. The van der Waals surface area contributed by atoms with Crippen molar-refractivity contribution in [2.24, 2.45) is 0 Å². The Labute approximate surface area is 106 Å². The van der Waals surface area contributed by atoms with Gasteiger partial charge in [-0.1, -0.05) is 0 Å². The second kappa shape index (κ2) is 5.75. The number of hydrogen-bond acceptors (Lipinski definition) is 6. The normalized spacial score (nSPS) is 26.8. The monoisotopic (exact) mass is 256 g/mol. The fourth-order valence-electron chi connectivity index (χ4n) is 1.96. The van der Waals surface area contributed by atoms with Crippen LogP contribution in [0, 0.1) is 0 Å². The Hall–Kier alpha value is -0.720. The lowest BCUT2D eigenvalue weighted by molar-refractivity contribution is 0.113. The highest BCUT2D eigenvalue weighted by molar-refractivity contribution is 7.09. The Kier molecular flexibility index (Phi) is 4.31. The molecule has 0 radical (unpaired) electrons. The molecule has 0 aliphatic carbocycles. The summed E-state index contributed by atoms with van der Waals surface area (Å²) in [6, 6.07) is 0.929. The Morgan fingerprint density at radius 3 is 3.12 bits per heavy atom. The number of anilines is 1. The van der Waals surface area contributed by atoms with Gasteiger partial charge in [0.25, 0.3) is 0 Å². The van der Waals surface area contributed by atoms with Crippen LogP contribution in [-0.4, -0.2) is 35.1 Å². The number of ether oxygens (including phenoxy) is 1. The van der Waals surface area contributed by atoms with Gasteiger partial charge in [-0.15, -0.1) is 0 Å². The van der Waals surface area contributed by atoms with Crippen LogP contribution in [0.3, 0.4) is 0 Å². The minimum atomic E-state index is -0.0382. The number of hydrogen-bond donors (Lipinski definition) is 2. The summed E-state index contributed by atoms with van der Waals surface area (Å²) in [5.74, 6) is 0.761. The van der Waals surface area contributed by atoms with Crippen LogP contribution >= 0.6 is 11.5 Å². The minimum absolute atomic E-state index is 0.0382. The summed E-state index contributed by atoms with van der Waals surface area (Å²) in [7, 11) is 1.67. The van der Waals surface area contributed by atoms with E-state index in [2.05, 4.69) is 26.9 Å². The maximum atomic E-state index is 5.20. The average molecular weight is 256 g/mol. The Balaban J connectivity index is 1.96. The van der Waals surface area contributed by atoms with E-state index in [1.807, 2.05) is 6.92 Å². The molecule has 96 valence electrons. The van der Waals surface area contributed by atoms with E-state index in [9.17, 15) is 0 Å². The number of nitrogens with zero attached hydrogens (tertiary/aromatic N) is 2. The second-order valence-corrected chi connectivity index (χ2v) is 5.22. The summed E-state index contributed by atoms with van der Waals surface area (Å²) in [5, 5.41) is 7.81. The predicted octanol–water partition coefficient (Wildman–Crippen LogP) is 1.80. The summed E-state index contributed by atoms with van der Waals surface area (Å²) >= 11 is 1.41. The van der Waals surface area contributed by atoms with Crippen LogP contribution < -0.4 is 10.6 Å². The first-order valence-electron chi connectivity index (χ1n) is 6.07. The van der Waals surface area contributed by atoms with Gasteiger partial charge in [0, 0.05) is 30.7 Å². The van der Waals surface area contributed by atoms with Crippen molar-refractivity contribution in [1.29, 1.82) is 0 Å². The van der Waals surface area contributed by atoms with Crippen LogP contribution in [0.25, 0.3) is 0 Å². The highest BCUT2D eigenvalue weighted by Crippen LogP contribution is 2.21. The minimum Gasteiger partial charge on any atom is -0.374 e.